The van der Waals surface area contributed by atoms with Gasteiger partial charge in [-0.25, -0.2) is 0 Å². The van der Waals surface area contributed by atoms with Crippen LogP contribution in [0.4, 0.5) is 5.69 Å². The Labute approximate surface area is 228 Å². The molecule has 2 aromatic rings. The van der Waals surface area contributed by atoms with Gasteiger partial charge >= 0.3 is 0 Å². The Bertz CT molecular complexity index is 1390. The number of anilines is 1. The first-order valence-electron chi connectivity index (χ1n) is 14.2. The molecule has 2 heterocycles. The van der Waals surface area contributed by atoms with Crippen LogP contribution in [0.15, 0.2) is 65.2 Å². The van der Waals surface area contributed by atoms with Gasteiger partial charge in [-0.15, -0.1) is 0 Å². The molecule has 1 aliphatic carbocycles. The Kier molecular flexibility index (Phi) is 6.68. The van der Waals surface area contributed by atoms with Gasteiger partial charge in [0.1, 0.15) is 11.7 Å². The Hall–Kier alpha value is -3.45. The molecule has 5 rings (SSSR count). The SMILES string of the molecule is C/C=C\C=C1/CCC[C@]23CC2(CC)c2cc(C#N)ccc2C(=N3)N(c2c(C(C)C)cccc2C(C)C)C1=N. The number of rotatable bonds is 5. The van der Waals surface area contributed by atoms with Crippen LogP contribution in [0.2, 0.25) is 0 Å². The first kappa shape index (κ1) is 26.2. The van der Waals surface area contributed by atoms with Crippen LogP contribution >= 0.6 is 0 Å². The predicted molar refractivity (Wildman–Crippen MR) is 159 cm³/mol. The smallest absolute Gasteiger partial charge is 0.142 e. The van der Waals surface area contributed by atoms with E-state index in [0.29, 0.717) is 23.2 Å². The molecule has 0 amide bonds. The van der Waals surface area contributed by atoms with Gasteiger partial charge in [-0.3, -0.25) is 15.3 Å². The zero-order chi connectivity index (χ0) is 27.2. The number of hydrogen-bond donors (Lipinski definition) is 1. The number of aliphatic imine (C=N–C) groups is 1. The minimum Gasteiger partial charge on any atom is -0.284 e. The Morgan fingerprint density at radius 3 is 2.45 bits per heavy atom. The Morgan fingerprint density at radius 1 is 1.13 bits per heavy atom. The molecule has 1 spiro atoms. The third-order valence-corrected chi connectivity index (χ3v) is 9.02. The van der Waals surface area contributed by atoms with Gasteiger partial charge in [0.15, 0.2) is 0 Å². The summed E-state index contributed by atoms with van der Waals surface area (Å²) < 4.78 is 0. The summed E-state index contributed by atoms with van der Waals surface area (Å²) in [7, 11) is 0. The maximum atomic E-state index is 9.79. The topological polar surface area (TPSA) is 63.2 Å². The number of amidine groups is 2. The van der Waals surface area contributed by atoms with Crippen LogP contribution in [0.5, 0.6) is 0 Å². The average Bonchev–Trinajstić information content (AvgIpc) is 3.58. The molecule has 2 atom stereocenters. The van der Waals surface area contributed by atoms with Crippen molar-refractivity contribution in [3.8, 4) is 6.07 Å². The maximum Gasteiger partial charge on any atom is 0.142 e. The van der Waals surface area contributed by atoms with Gasteiger partial charge < -0.3 is 0 Å². The first-order chi connectivity index (χ1) is 18.2. The molecule has 1 fully saturated rings. The van der Waals surface area contributed by atoms with Crippen molar-refractivity contribution in [2.75, 3.05) is 4.90 Å². The lowest BCUT2D eigenvalue weighted by Crippen LogP contribution is -2.43. The molecule has 196 valence electrons. The standard InChI is InChI=1S/C34H40N4/c1-7-9-12-25-13-11-18-34-21-33(34,8-2)29-19-24(20-35)16-17-28(29)32(37-34)38(31(25)36)30-26(22(3)4)14-10-15-27(30)23(5)6/h7,9-10,12,14-17,19,22-23,36H,8,11,13,18,21H2,1-6H3/b9-7-,25-12+,36-31?/t33?,34-/m0/s1. The molecule has 0 aromatic heterocycles. The van der Waals surface area contributed by atoms with Crippen molar-refractivity contribution in [3.05, 3.63) is 88.0 Å². The van der Waals surface area contributed by atoms with Crippen LogP contribution in [0.3, 0.4) is 0 Å². The van der Waals surface area contributed by atoms with Gasteiger partial charge in [-0.2, -0.15) is 5.26 Å². The van der Waals surface area contributed by atoms with E-state index in [9.17, 15) is 10.7 Å². The number of allylic oxidation sites excluding steroid dienone is 3. The summed E-state index contributed by atoms with van der Waals surface area (Å²) in [5.41, 5.74) is 7.45. The molecule has 1 N–H and O–H groups in total. The fraction of sp³-hybridized carbons (Fsp3) is 0.441. The molecule has 1 unspecified atom stereocenters. The van der Waals surface area contributed by atoms with Crippen LogP contribution in [-0.2, 0) is 5.41 Å². The highest BCUT2D eigenvalue weighted by Gasteiger charge is 2.69. The third kappa shape index (κ3) is 3.87. The molecule has 38 heavy (non-hydrogen) atoms. The van der Waals surface area contributed by atoms with E-state index >= 15 is 0 Å². The van der Waals surface area contributed by atoms with Gasteiger partial charge in [0, 0.05) is 11.0 Å². The number of benzene rings is 2. The van der Waals surface area contributed by atoms with E-state index in [1.165, 1.54) is 16.7 Å². The quantitative estimate of drug-likeness (QED) is 0.443. The maximum absolute atomic E-state index is 9.79. The van der Waals surface area contributed by atoms with E-state index in [2.05, 4.69) is 88.1 Å². The van der Waals surface area contributed by atoms with Crippen LogP contribution in [0, 0.1) is 16.7 Å². The van der Waals surface area contributed by atoms with E-state index < -0.39 is 0 Å². The van der Waals surface area contributed by atoms with Gasteiger partial charge in [-0.05, 0) is 91.3 Å². The lowest BCUT2D eigenvalue weighted by molar-refractivity contribution is 0.470. The van der Waals surface area contributed by atoms with Crippen LogP contribution < -0.4 is 4.90 Å². The highest BCUT2D eigenvalue weighted by molar-refractivity contribution is 6.30. The van der Waals surface area contributed by atoms with E-state index in [0.717, 1.165) is 54.8 Å². The summed E-state index contributed by atoms with van der Waals surface area (Å²) in [6.45, 7) is 13.2. The van der Waals surface area contributed by atoms with E-state index in [1.807, 2.05) is 19.1 Å². The van der Waals surface area contributed by atoms with E-state index in [1.54, 1.807) is 0 Å². The molecular formula is C34H40N4. The fourth-order valence-corrected chi connectivity index (χ4v) is 6.92. The zero-order valence-electron chi connectivity index (χ0n) is 23.7. The molecular weight excluding hydrogens is 464 g/mol. The molecule has 0 radical (unpaired) electrons. The number of para-hydroxylation sites is 1. The number of nitrogens with one attached hydrogen (secondary N) is 1. The van der Waals surface area contributed by atoms with Crippen LogP contribution in [-0.4, -0.2) is 17.2 Å². The van der Waals surface area contributed by atoms with Crippen molar-refractivity contribution in [2.24, 2.45) is 4.99 Å². The summed E-state index contributed by atoms with van der Waals surface area (Å²) in [5.74, 6) is 1.97. The van der Waals surface area contributed by atoms with Gasteiger partial charge in [0.05, 0.1) is 22.9 Å². The Balaban J connectivity index is 1.87. The van der Waals surface area contributed by atoms with Crippen molar-refractivity contribution in [1.82, 2.24) is 0 Å². The molecule has 3 aliphatic rings. The second-order valence-corrected chi connectivity index (χ2v) is 11.8. The lowest BCUT2D eigenvalue weighted by atomic mass is 9.80. The monoisotopic (exact) mass is 504 g/mol. The summed E-state index contributed by atoms with van der Waals surface area (Å²) in [5, 5.41) is 19.5. The third-order valence-electron chi connectivity index (χ3n) is 9.02. The van der Waals surface area contributed by atoms with E-state index in [-0.39, 0.29) is 11.0 Å². The molecule has 1 saturated carbocycles. The van der Waals surface area contributed by atoms with Crippen molar-refractivity contribution in [2.45, 2.75) is 96.4 Å². The predicted octanol–water partition coefficient (Wildman–Crippen LogP) is 8.53. The summed E-state index contributed by atoms with van der Waals surface area (Å²) in [4.78, 5) is 7.82. The van der Waals surface area contributed by atoms with Gasteiger partial charge in [0.2, 0.25) is 0 Å². The molecule has 4 nitrogen and oxygen atoms in total. The lowest BCUT2D eigenvalue weighted by Gasteiger charge is -2.37. The minimum atomic E-state index is -0.169. The van der Waals surface area contributed by atoms with Gasteiger partial charge in [0.25, 0.3) is 0 Å². The van der Waals surface area contributed by atoms with Crippen LogP contribution in [0.25, 0.3) is 0 Å². The van der Waals surface area contributed by atoms with Crippen LogP contribution in [0.1, 0.15) is 113 Å². The number of hydrogen-bond acceptors (Lipinski definition) is 3. The highest BCUT2D eigenvalue weighted by atomic mass is 15.3. The molecule has 0 saturated heterocycles. The zero-order valence-corrected chi connectivity index (χ0v) is 23.7. The number of nitriles is 1. The fourth-order valence-electron chi connectivity index (χ4n) is 6.92. The molecule has 2 aromatic carbocycles. The minimum absolute atomic E-state index is 0.0253. The molecule has 4 heteroatoms. The number of fused-ring (bicyclic) bond motifs is 3. The second-order valence-electron chi connectivity index (χ2n) is 11.8. The summed E-state index contributed by atoms with van der Waals surface area (Å²) in [6.07, 6.45) is 11.1. The average molecular weight is 505 g/mol. The molecule has 2 bridgehead atoms. The number of nitrogens with zero attached hydrogens (tertiary/aromatic N) is 3. The van der Waals surface area contributed by atoms with Crippen molar-refractivity contribution in [1.29, 1.82) is 10.7 Å². The normalized spacial score (nSPS) is 25.6. The van der Waals surface area contributed by atoms with Crippen molar-refractivity contribution < 1.29 is 0 Å². The Morgan fingerprint density at radius 2 is 1.84 bits per heavy atom. The highest BCUT2D eigenvalue weighted by Crippen LogP contribution is 2.67. The van der Waals surface area contributed by atoms with E-state index in [4.69, 9.17) is 4.99 Å². The van der Waals surface area contributed by atoms with Crippen molar-refractivity contribution in [3.63, 3.8) is 0 Å². The second kappa shape index (κ2) is 9.70. The molecule has 2 aliphatic heterocycles. The van der Waals surface area contributed by atoms with Gasteiger partial charge in [-0.1, -0.05) is 71.0 Å². The summed E-state index contributed by atoms with van der Waals surface area (Å²) >= 11 is 0. The first-order valence-corrected chi connectivity index (χ1v) is 14.2. The van der Waals surface area contributed by atoms with Crippen molar-refractivity contribution >= 4 is 17.4 Å². The largest absolute Gasteiger partial charge is 0.284 e. The summed E-state index contributed by atoms with van der Waals surface area (Å²) in [6, 6.07) is 15.1.